The molecule has 0 aliphatic carbocycles. The number of hydrogen-bond acceptors (Lipinski definition) is 3. The van der Waals surface area contributed by atoms with Gasteiger partial charge < -0.3 is 11.1 Å². The van der Waals surface area contributed by atoms with Gasteiger partial charge in [0, 0.05) is 5.56 Å². The Balaban J connectivity index is 2.78. The summed E-state index contributed by atoms with van der Waals surface area (Å²) in [6, 6.07) is 6.23. The largest absolute Gasteiger partial charge is 0.350 e. The third kappa shape index (κ3) is 4.28. The van der Waals surface area contributed by atoms with Crippen molar-refractivity contribution in [3.63, 3.8) is 0 Å². The highest BCUT2D eigenvalue weighted by Gasteiger charge is 2.08. The fraction of sp³-hybridized carbons (Fsp3) is 0.182. The molecular formula is C11H13N3O2S. The van der Waals surface area contributed by atoms with Gasteiger partial charge in [0.1, 0.15) is 0 Å². The Kier molecular flexibility index (Phi) is 4.71. The van der Waals surface area contributed by atoms with Gasteiger partial charge in [-0.25, -0.2) is 4.79 Å². The van der Waals surface area contributed by atoms with Gasteiger partial charge in [0.2, 0.25) is 0 Å². The van der Waals surface area contributed by atoms with Gasteiger partial charge in [-0.3, -0.25) is 4.79 Å². The molecule has 5 nitrogen and oxygen atoms in total. The number of aliphatic imine (C=N–C) groups is 1. The molecular weight excluding hydrogens is 238 g/mol. The van der Waals surface area contributed by atoms with Crippen LogP contribution >= 0.6 is 11.8 Å². The smallest absolute Gasteiger partial charge is 0.340 e. The molecule has 0 fully saturated rings. The number of amidine groups is 1. The molecule has 0 heterocycles. The van der Waals surface area contributed by atoms with Crippen molar-refractivity contribution in [3.05, 3.63) is 35.4 Å². The van der Waals surface area contributed by atoms with Crippen molar-refractivity contribution in [2.45, 2.75) is 6.92 Å². The summed E-state index contributed by atoms with van der Waals surface area (Å²) in [5.74, 6) is -0.320. The number of carbonyl (C=O) groups is 2. The first-order valence-corrected chi connectivity index (χ1v) is 6.05. The van der Waals surface area contributed by atoms with E-state index >= 15 is 0 Å². The van der Waals surface area contributed by atoms with E-state index in [1.807, 2.05) is 19.1 Å². The molecule has 3 amide bonds. The van der Waals surface area contributed by atoms with E-state index in [1.54, 1.807) is 18.4 Å². The maximum absolute atomic E-state index is 11.7. The number of hydrogen-bond donors (Lipinski definition) is 2. The first kappa shape index (κ1) is 13.2. The van der Waals surface area contributed by atoms with E-state index in [2.05, 4.69) is 10.3 Å². The average molecular weight is 251 g/mol. The monoisotopic (exact) mass is 251 g/mol. The van der Waals surface area contributed by atoms with E-state index in [0.717, 1.165) is 17.3 Å². The number of amides is 3. The number of rotatable bonds is 1. The lowest BCUT2D eigenvalue weighted by molar-refractivity contribution is 0.0978. The summed E-state index contributed by atoms with van der Waals surface area (Å²) >= 11 is 1.14. The molecule has 1 aromatic carbocycles. The summed E-state index contributed by atoms with van der Waals surface area (Å²) in [6.45, 7) is 1.93. The number of benzene rings is 1. The zero-order valence-electron chi connectivity index (χ0n) is 9.56. The van der Waals surface area contributed by atoms with Crippen LogP contribution in [0.5, 0.6) is 0 Å². The Morgan fingerprint density at radius 1 is 1.29 bits per heavy atom. The first-order valence-electron chi connectivity index (χ1n) is 4.83. The molecule has 0 bridgehead atoms. The van der Waals surface area contributed by atoms with Crippen molar-refractivity contribution in [3.8, 4) is 0 Å². The van der Waals surface area contributed by atoms with Crippen molar-refractivity contribution in [2.75, 3.05) is 6.26 Å². The molecule has 1 rings (SSSR count). The minimum Gasteiger partial charge on any atom is -0.350 e. The maximum atomic E-state index is 11.7. The Hall–Kier alpha value is -1.82. The predicted molar refractivity (Wildman–Crippen MR) is 69.2 cm³/mol. The summed E-state index contributed by atoms with van der Waals surface area (Å²) in [6.07, 6.45) is 1.69. The molecule has 17 heavy (non-hydrogen) atoms. The highest BCUT2D eigenvalue weighted by Crippen LogP contribution is 2.04. The van der Waals surface area contributed by atoms with Crippen LogP contribution in [0.25, 0.3) is 0 Å². The summed E-state index contributed by atoms with van der Waals surface area (Å²) in [4.78, 5) is 25.8. The molecule has 0 unspecified atom stereocenters. The van der Waals surface area contributed by atoms with E-state index in [1.165, 1.54) is 0 Å². The van der Waals surface area contributed by atoms with Crippen LogP contribution in [-0.2, 0) is 0 Å². The molecule has 90 valence electrons. The van der Waals surface area contributed by atoms with Crippen molar-refractivity contribution in [1.82, 2.24) is 5.32 Å². The Morgan fingerprint density at radius 2 is 1.88 bits per heavy atom. The van der Waals surface area contributed by atoms with Crippen molar-refractivity contribution >= 4 is 28.9 Å². The van der Waals surface area contributed by atoms with Crippen LogP contribution in [0.1, 0.15) is 15.9 Å². The molecule has 0 atom stereocenters. The molecule has 0 saturated heterocycles. The highest BCUT2D eigenvalue weighted by molar-refractivity contribution is 8.13. The quantitative estimate of drug-likeness (QED) is 0.586. The van der Waals surface area contributed by atoms with Crippen LogP contribution in [0.3, 0.4) is 0 Å². The van der Waals surface area contributed by atoms with E-state index in [0.29, 0.717) is 5.56 Å². The van der Waals surface area contributed by atoms with Crippen molar-refractivity contribution < 1.29 is 9.59 Å². The third-order valence-corrected chi connectivity index (χ3v) is 2.52. The molecule has 0 aliphatic rings. The SMILES string of the molecule is CS/C(=N/C(N)=O)NC(=O)c1ccc(C)cc1. The second-order valence-electron chi connectivity index (χ2n) is 3.28. The normalized spacial score (nSPS) is 11.1. The van der Waals surface area contributed by atoms with E-state index in [4.69, 9.17) is 5.73 Å². The molecule has 6 heteroatoms. The van der Waals surface area contributed by atoms with Crippen LogP contribution < -0.4 is 11.1 Å². The van der Waals surface area contributed by atoms with Crippen LogP contribution in [-0.4, -0.2) is 23.4 Å². The second-order valence-corrected chi connectivity index (χ2v) is 4.07. The number of nitrogens with zero attached hydrogens (tertiary/aromatic N) is 1. The van der Waals surface area contributed by atoms with Crippen LogP contribution in [0.4, 0.5) is 4.79 Å². The van der Waals surface area contributed by atoms with Crippen LogP contribution in [0, 0.1) is 6.92 Å². The van der Waals surface area contributed by atoms with E-state index in [-0.39, 0.29) is 11.1 Å². The highest BCUT2D eigenvalue weighted by atomic mass is 32.2. The average Bonchev–Trinajstić information content (AvgIpc) is 2.28. The van der Waals surface area contributed by atoms with Gasteiger partial charge in [0.15, 0.2) is 5.17 Å². The number of nitrogens with two attached hydrogens (primary N) is 1. The summed E-state index contributed by atoms with van der Waals surface area (Å²) < 4.78 is 0. The lowest BCUT2D eigenvalue weighted by Gasteiger charge is -2.05. The summed E-state index contributed by atoms with van der Waals surface area (Å²) in [7, 11) is 0. The minimum absolute atomic E-state index is 0.183. The lowest BCUT2D eigenvalue weighted by atomic mass is 10.1. The van der Waals surface area contributed by atoms with Gasteiger partial charge in [-0.1, -0.05) is 29.5 Å². The fourth-order valence-corrected chi connectivity index (χ4v) is 1.47. The van der Waals surface area contributed by atoms with Gasteiger partial charge in [-0.15, -0.1) is 0 Å². The summed E-state index contributed by atoms with van der Waals surface area (Å²) in [5, 5.41) is 2.69. The first-order chi connectivity index (χ1) is 8.02. The number of carbonyl (C=O) groups excluding carboxylic acids is 2. The predicted octanol–water partition coefficient (Wildman–Crippen LogP) is 1.52. The number of primary amides is 1. The topological polar surface area (TPSA) is 84.5 Å². The number of urea groups is 1. The van der Waals surface area contributed by atoms with Gasteiger partial charge in [-0.2, -0.15) is 4.99 Å². The third-order valence-electron chi connectivity index (χ3n) is 1.94. The van der Waals surface area contributed by atoms with Gasteiger partial charge in [0.05, 0.1) is 0 Å². The number of nitrogens with one attached hydrogen (secondary N) is 1. The second kappa shape index (κ2) is 6.05. The van der Waals surface area contributed by atoms with Crippen LogP contribution in [0.2, 0.25) is 0 Å². The zero-order chi connectivity index (χ0) is 12.8. The van der Waals surface area contributed by atoms with Gasteiger partial charge in [0.25, 0.3) is 5.91 Å². The molecule has 0 aliphatic heterocycles. The lowest BCUT2D eigenvalue weighted by Crippen LogP contribution is -2.29. The number of thioether (sulfide) groups is 1. The molecule has 0 saturated carbocycles. The standard InChI is InChI=1S/C11H13N3O2S/c1-7-3-5-8(6-4-7)9(15)13-11(17-2)14-10(12)16/h3-6H,1-2H3,(H3,12,13,14,15,16). The molecule has 3 N–H and O–H groups in total. The Bertz CT molecular complexity index is 454. The Labute approximate surface area is 103 Å². The van der Waals surface area contributed by atoms with Crippen molar-refractivity contribution in [1.29, 1.82) is 0 Å². The summed E-state index contributed by atoms with van der Waals surface area (Å²) in [5.41, 5.74) is 6.48. The van der Waals surface area contributed by atoms with Gasteiger partial charge in [-0.05, 0) is 25.3 Å². The Morgan fingerprint density at radius 3 is 2.35 bits per heavy atom. The van der Waals surface area contributed by atoms with Gasteiger partial charge >= 0.3 is 6.03 Å². The molecule has 0 radical (unpaired) electrons. The maximum Gasteiger partial charge on any atom is 0.340 e. The van der Waals surface area contributed by atoms with E-state index in [9.17, 15) is 9.59 Å². The van der Waals surface area contributed by atoms with Crippen molar-refractivity contribution in [2.24, 2.45) is 10.7 Å². The minimum atomic E-state index is -0.835. The zero-order valence-corrected chi connectivity index (χ0v) is 10.4. The molecule has 1 aromatic rings. The molecule has 0 aromatic heterocycles. The van der Waals surface area contributed by atoms with E-state index < -0.39 is 6.03 Å². The molecule has 0 spiro atoms. The fourth-order valence-electron chi connectivity index (χ4n) is 1.10. The number of aryl methyl sites for hydroxylation is 1. The van der Waals surface area contributed by atoms with Crippen LogP contribution in [0.15, 0.2) is 29.3 Å².